The molecule has 164 valence electrons. The summed E-state index contributed by atoms with van der Waals surface area (Å²) >= 11 is 0. The Labute approximate surface area is 186 Å². The lowest BCUT2D eigenvalue weighted by Gasteiger charge is -2.32. The molecule has 0 aromatic carbocycles. The highest BCUT2D eigenvalue weighted by Crippen LogP contribution is 2.25. The van der Waals surface area contributed by atoms with Crippen LogP contribution in [-0.2, 0) is 14.8 Å². The normalized spacial score (nSPS) is 24.7. The molecule has 28 heavy (non-hydrogen) atoms. The second-order valence-electron chi connectivity index (χ2n) is 7.74. The van der Waals surface area contributed by atoms with Gasteiger partial charge < -0.3 is 15.0 Å². The van der Waals surface area contributed by atoms with Crippen LogP contribution in [0.4, 0.5) is 0 Å². The maximum atomic E-state index is 12.2. The van der Waals surface area contributed by atoms with Crippen LogP contribution in [0.15, 0.2) is 4.99 Å². The SMILES string of the molecule is CCNC(=NCCS(=O)(=O)NCC1CCC1)N1CCC(N2CCOCC2)C1.I. The van der Waals surface area contributed by atoms with Gasteiger partial charge in [-0.3, -0.25) is 9.89 Å². The standard InChI is InChI=1S/C18H35N5O3S.HI/c1-2-19-18(20-7-13-27(24,25)21-14-16-4-3-5-16)23-8-6-17(15-23)22-9-11-26-12-10-22;/h16-17,21H,2-15H2,1H3,(H,19,20);1H. The summed E-state index contributed by atoms with van der Waals surface area (Å²) in [6.07, 6.45) is 4.63. The summed E-state index contributed by atoms with van der Waals surface area (Å²) in [5.41, 5.74) is 0. The van der Waals surface area contributed by atoms with E-state index in [0.717, 1.165) is 71.2 Å². The topological polar surface area (TPSA) is 86.3 Å². The van der Waals surface area contributed by atoms with Gasteiger partial charge in [-0.05, 0) is 32.1 Å². The van der Waals surface area contributed by atoms with E-state index in [0.29, 0.717) is 25.0 Å². The van der Waals surface area contributed by atoms with Crippen molar-refractivity contribution in [1.82, 2.24) is 19.8 Å². The number of rotatable bonds is 8. The molecule has 2 aliphatic heterocycles. The van der Waals surface area contributed by atoms with Crippen molar-refractivity contribution < 1.29 is 13.2 Å². The second-order valence-corrected chi connectivity index (χ2v) is 9.66. The minimum atomic E-state index is -3.24. The maximum absolute atomic E-state index is 12.2. The van der Waals surface area contributed by atoms with Gasteiger partial charge in [0.05, 0.1) is 25.5 Å². The zero-order valence-corrected chi connectivity index (χ0v) is 20.1. The first kappa shape index (κ1) is 24.1. The Hall–Kier alpha value is -0.170. The van der Waals surface area contributed by atoms with Crippen molar-refractivity contribution in [3.05, 3.63) is 0 Å². The fourth-order valence-electron chi connectivity index (χ4n) is 3.89. The number of sulfonamides is 1. The van der Waals surface area contributed by atoms with Crippen LogP contribution in [0.5, 0.6) is 0 Å². The van der Waals surface area contributed by atoms with Crippen LogP contribution in [0.25, 0.3) is 0 Å². The lowest BCUT2D eigenvalue weighted by molar-refractivity contribution is 0.0195. The van der Waals surface area contributed by atoms with Gasteiger partial charge in [-0.1, -0.05) is 6.42 Å². The van der Waals surface area contributed by atoms with Gasteiger partial charge in [0.1, 0.15) is 0 Å². The van der Waals surface area contributed by atoms with Crippen molar-refractivity contribution in [2.24, 2.45) is 10.9 Å². The molecule has 0 aromatic heterocycles. The summed E-state index contributed by atoms with van der Waals surface area (Å²) in [6, 6.07) is 0.533. The van der Waals surface area contributed by atoms with Crippen LogP contribution in [0, 0.1) is 5.92 Å². The van der Waals surface area contributed by atoms with Crippen molar-refractivity contribution >= 4 is 40.0 Å². The predicted octanol–water partition coefficient (Wildman–Crippen LogP) is 0.696. The largest absolute Gasteiger partial charge is 0.379 e. The molecule has 2 N–H and O–H groups in total. The van der Waals surface area contributed by atoms with Crippen molar-refractivity contribution in [2.75, 3.05) is 64.8 Å². The molecule has 0 radical (unpaired) electrons. The highest BCUT2D eigenvalue weighted by molar-refractivity contribution is 14.0. The number of morpholine rings is 1. The number of hydrogen-bond donors (Lipinski definition) is 2. The molecule has 10 heteroatoms. The predicted molar refractivity (Wildman–Crippen MR) is 123 cm³/mol. The Morgan fingerprint density at radius 3 is 2.57 bits per heavy atom. The molecule has 0 aromatic rings. The monoisotopic (exact) mass is 529 g/mol. The summed E-state index contributed by atoms with van der Waals surface area (Å²) in [7, 11) is -3.24. The Morgan fingerprint density at radius 1 is 1.18 bits per heavy atom. The third-order valence-electron chi connectivity index (χ3n) is 5.80. The molecular weight excluding hydrogens is 493 g/mol. The Morgan fingerprint density at radius 2 is 1.93 bits per heavy atom. The average molecular weight is 529 g/mol. The van der Waals surface area contributed by atoms with E-state index < -0.39 is 10.0 Å². The van der Waals surface area contributed by atoms with Crippen molar-refractivity contribution in [2.45, 2.75) is 38.6 Å². The van der Waals surface area contributed by atoms with Gasteiger partial charge in [0.25, 0.3) is 0 Å². The zero-order chi connectivity index (χ0) is 19.1. The molecule has 0 spiro atoms. The molecule has 0 bridgehead atoms. The third-order valence-corrected chi connectivity index (χ3v) is 7.12. The molecular formula is C18H36IN5O3S. The zero-order valence-electron chi connectivity index (χ0n) is 16.9. The van der Waals surface area contributed by atoms with Crippen LogP contribution >= 0.6 is 24.0 Å². The molecule has 3 rings (SSSR count). The van der Waals surface area contributed by atoms with E-state index in [1.807, 2.05) is 6.92 Å². The summed E-state index contributed by atoms with van der Waals surface area (Å²) in [4.78, 5) is 9.35. The fourth-order valence-corrected chi connectivity index (χ4v) is 4.85. The third kappa shape index (κ3) is 7.26. The maximum Gasteiger partial charge on any atom is 0.213 e. The van der Waals surface area contributed by atoms with E-state index >= 15 is 0 Å². The van der Waals surface area contributed by atoms with Gasteiger partial charge in [0.2, 0.25) is 10.0 Å². The second kappa shape index (κ2) is 11.9. The molecule has 0 amide bonds. The number of likely N-dealkylation sites (tertiary alicyclic amines) is 1. The van der Waals surface area contributed by atoms with E-state index in [2.05, 4.69) is 24.8 Å². The summed E-state index contributed by atoms with van der Waals surface area (Å²) in [6.45, 7) is 9.23. The van der Waals surface area contributed by atoms with Crippen molar-refractivity contribution in [3.8, 4) is 0 Å². The molecule has 1 saturated carbocycles. The van der Waals surface area contributed by atoms with Crippen LogP contribution in [0.2, 0.25) is 0 Å². The van der Waals surface area contributed by atoms with Crippen LogP contribution in [0.1, 0.15) is 32.6 Å². The molecule has 8 nitrogen and oxygen atoms in total. The summed E-state index contributed by atoms with van der Waals surface area (Å²) in [5, 5.41) is 3.32. The van der Waals surface area contributed by atoms with Gasteiger partial charge in [-0.2, -0.15) is 0 Å². The van der Waals surface area contributed by atoms with Gasteiger partial charge in [0, 0.05) is 45.3 Å². The van der Waals surface area contributed by atoms with E-state index in [-0.39, 0.29) is 29.7 Å². The van der Waals surface area contributed by atoms with Crippen molar-refractivity contribution in [3.63, 3.8) is 0 Å². The van der Waals surface area contributed by atoms with Crippen LogP contribution < -0.4 is 10.0 Å². The quantitative estimate of drug-likeness (QED) is 0.274. The molecule has 1 aliphatic carbocycles. The molecule has 2 saturated heterocycles. The Balaban J connectivity index is 0.00000280. The minimum Gasteiger partial charge on any atom is -0.379 e. The number of guanidine groups is 1. The lowest BCUT2D eigenvalue weighted by Crippen LogP contribution is -2.46. The first-order chi connectivity index (χ1) is 13.1. The van der Waals surface area contributed by atoms with Gasteiger partial charge in [-0.25, -0.2) is 13.1 Å². The molecule has 3 aliphatic rings. The highest BCUT2D eigenvalue weighted by atomic mass is 127. The summed E-state index contributed by atoms with van der Waals surface area (Å²) < 4.78 is 32.5. The lowest BCUT2D eigenvalue weighted by atomic mass is 9.86. The average Bonchev–Trinajstić information content (AvgIpc) is 3.10. The number of nitrogens with zero attached hydrogens (tertiary/aromatic N) is 3. The minimum absolute atomic E-state index is 0. The summed E-state index contributed by atoms with van der Waals surface area (Å²) in [5.74, 6) is 1.42. The smallest absolute Gasteiger partial charge is 0.213 e. The Kier molecular flexibility index (Phi) is 10.2. The van der Waals surface area contributed by atoms with E-state index in [1.165, 1.54) is 6.42 Å². The first-order valence-electron chi connectivity index (χ1n) is 10.4. The highest BCUT2D eigenvalue weighted by Gasteiger charge is 2.30. The molecule has 1 atom stereocenters. The number of nitrogens with one attached hydrogen (secondary N) is 2. The van der Waals surface area contributed by atoms with Gasteiger partial charge in [-0.15, -0.1) is 24.0 Å². The van der Waals surface area contributed by atoms with Gasteiger partial charge >= 0.3 is 0 Å². The van der Waals surface area contributed by atoms with E-state index in [9.17, 15) is 8.42 Å². The Bertz CT molecular complexity index is 594. The number of ether oxygens (including phenoxy) is 1. The molecule has 2 heterocycles. The van der Waals surface area contributed by atoms with E-state index in [1.54, 1.807) is 0 Å². The molecule has 3 fully saturated rings. The van der Waals surface area contributed by atoms with Crippen LogP contribution in [0.3, 0.4) is 0 Å². The first-order valence-corrected chi connectivity index (χ1v) is 12.0. The molecule has 1 unspecified atom stereocenters. The number of aliphatic imine (C=N–C) groups is 1. The van der Waals surface area contributed by atoms with Crippen molar-refractivity contribution in [1.29, 1.82) is 0 Å². The van der Waals surface area contributed by atoms with Crippen LogP contribution in [-0.4, -0.2) is 95.0 Å². The fraction of sp³-hybridized carbons (Fsp3) is 0.944. The number of hydrogen-bond acceptors (Lipinski definition) is 5. The van der Waals surface area contributed by atoms with Gasteiger partial charge in [0.15, 0.2) is 5.96 Å². The van der Waals surface area contributed by atoms with E-state index in [4.69, 9.17) is 4.74 Å². The number of halogens is 1.